The molecule has 1 fully saturated rings. The fraction of sp³-hybridized carbons (Fsp3) is 0.200. The molecule has 2 aliphatic rings. The molecule has 0 bridgehead atoms. The number of fused-ring (bicyclic) bond motifs is 2. The molecule has 3 N–H and O–H groups in total. The number of benzene rings is 3. The lowest BCUT2D eigenvalue weighted by molar-refractivity contribution is -0.384. The molecule has 0 saturated carbocycles. The Morgan fingerprint density at radius 2 is 1.76 bits per heavy atom. The van der Waals surface area contributed by atoms with Crippen LogP contribution in [0.25, 0.3) is 0 Å². The van der Waals surface area contributed by atoms with Crippen molar-refractivity contribution < 1.29 is 33.9 Å². The highest BCUT2D eigenvalue weighted by molar-refractivity contribution is 8.00. The van der Waals surface area contributed by atoms with Gasteiger partial charge >= 0.3 is 4.87 Å². The number of anilines is 2. The Hall–Kier alpha value is -5.15. The number of imide groups is 1. The number of hydrogen-bond acceptors (Lipinski definition) is 11. The lowest BCUT2D eigenvalue weighted by Gasteiger charge is -2.30. The molecule has 3 heterocycles. The van der Waals surface area contributed by atoms with Crippen LogP contribution in [0.4, 0.5) is 17.1 Å². The summed E-state index contributed by atoms with van der Waals surface area (Å²) in [5, 5.41) is 22.9. The first-order valence-electron chi connectivity index (χ1n) is 13.6. The molecule has 6 rings (SSSR count). The van der Waals surface area contributed by atoms with Gasteiger partial charge in [0.05, 0.1) is 28.2 Å². The number of nitrogens with zero attached hydrogens (tertiary/aromatic N) is 2. The number of rotatable bonds is 9. The summed E-state index contributed by atoms with van der Waals surface area (Å²) < 4.78 is 11.6. The Bertz CT molecular complexity index is 1870. The van der Waals surface area contributed by atoms with Crippen molar-refractivity contribution in [3.63, 3.8) is 0 Å². The number of phenolic OH excluding ortho intramolecular Hbond substituents is 1. The molecule has 3 aromatic carbocycles. The van der Waals surface area contributed by atoms with Gasteiger partial charge in [-0.3, -0.25) is 29.3 Å². The SMILES string of the molecule is CCOc1cc([C@@H]2c3sc(=O)[nH]c3S[C@H]3C(=O)N(c4ccc([N+](=O)[O-])cc4)C(=O)[C@@H]23)ccc1OCC(=O)Nc1ccc(O)cc1. The molecule has 45 heavy (non-hydrogen) atoms. The van der Waals surface area contributed by atoms with E-state index in [0.717, 1.165) is 28.0 Å². The number of carbonyl (C=O) groups is 3. The van der Waals surface area contributed by atoms with Gasteiger partial charge in [-0.2, -0.15) is 0 Å². The predicted octanol–water partition coefficient (Wildman–Crippen LogP) is 4.26. The summed E-state index contributed by atoms with van der Waals surface area (Å²) in [5.41, 5.74) is 1.11. The third kappa shape index (κ3) is 5.74. The van der Waals surface area contributed by atoms with Crippen LogP contribution in [0.2, 0.25) is 0 Å². The maximum Gasteiger partial charge on any atom is 0.305 e. The van der Waals surface area contributed by atoms with Crippen LogP contribution in [-0.4, -0.2) is 51.2 Å². The number of H-pyrrole nitrogens is 1. The number of aromatic amines is 1. The average Bonchev–Trinajstić information content (AvgIpc) is 3.51. The number of hydrogen-bond donors (Lipinski definition) is 3. The van der Waals surface area contributed by atoms with Gasteiger partial charge in [0.15, 0.2) is 18.1 Å². The van der Waals surface area contributed by atoms with Gasteiger partial charge in [0.1, 0.15) is 11.0 Å². The van der Waals surface area contributed by atoms with Crippen LogP contribution < -0.4 is 24.6 Å². The molecule has 0 unspecified atom stereocenters. The Morgan fingerprint density at radius 1 is 1.02 bits per heavy atom. The fourth-order valence-electron chi connectivity index (χ4n) is 5.34. The number of thioether (sulfide) groups is 1. The van der Waals surface area contributed by atoms with Gasteiger partial charge in [-0.1, -0.05) is 29.2 Å². The predicted molar refractivity (Wildman–Crippen MR) is 165 cm³/mol. The van der Waals surface area contributed by atoms with E-state index in [1.807, 2.05) is 0 Å². The summed E-state index contributed by atoms with van der Waals surface area (Å²) in [4.78, 5) is 67.2. The van der Waals surface area contributed by atoms with Gasteiger partial charge in [-0.25, -0.2) is 4.90 Å². The molecule has 4 aromatic rings. The second kappa shape index (κ2) is 12.1. The van der Waals surface area contributed by atoms with Crippen molar-refractivity contribution >= 4 is 57.9 Å². The number of non-ortho nitro benzene ring substituents is 1. The van der Waals surface area contributed by atoms with E-state index < -0.39 is 39.7 Å². The minimum atomic E-state index is -0.881. The highest BCUT2D eigenvalue weighted by Gasteiger charge is 2.56. The number of nitro benzene ring substituents is 1. The summed E-state index contributed by atoms with van der Waals surface area (Å²) in [7, 11) is 0. The average molecular weight is 649 g/mol. The summed E-state index contributed by atoms with van der Waals surface area (Å²) >= 11 is 2.07. The van der Waals surface area contributed by atoms with Crippen LogP contribution in [0, 0.1) is 16.0 Å². The van der Waals surface area contributed by atoms with E-state index in [2.05, 4.69) is 10.3 Å². The summed E-state index contributed by atoms with van der Waals surface area (Å²) in [6.07, 6.45) is 0. The Labute approximate surface area is 262 Å². The fourth-order valence-corrected chi connectivity index (χ4v) is 7.86. The molecule has 0 radical (unpaired) electrons. The molecule has 3 amide bonds. The van der Waals surface area contributed by atoms with E-state index in [1.54, 1.807) is 37.3 Å². The smallest absolute Gasteiger partial charge is 0.305 e. The third-order valence-corrected chi connectivity index (χ3v) is 9.68. The van der Waals surface area contributed by atoms with Gasteiger partial charge < -0.3 is 24.9 Å². The summed E-state index contributed by atoms with van der Waals surface area (Å²) in [6.45, 7) is 1.70. The highest BCUT2D eigenvalue weighted by atomic mass is 32.2. The minimum Gasteiger partial charge on any atom is -0.508 e. The zero-order valence-corrected chi connectivity index (χ0v) is 25.1. The highest BCUT2D eigenvalue weighted by Crippen LogP contribution is 2.53. The zero-order valence-electron chi connectivity index (χ0n) is 23.4. The van der Waals surface area contributed by atoms with Crippen molar-refractivity contribution in [3.05, 3.63) is 97.0 Å². The number of thiazole rings is 1. The van der Waals surface area contributed by atoms with Crippen molar-refractivity contribution in [2.24, 2.45) is 5.92 Å². The number of nitro groups is 1. The van der Waals surface area contributed by atoms with E-state index in [4.69, 9.17) is 9.47 Å². The summed E-state index contributed by atoms with van der Waals surface area (Å²) in [5.74, 6) is -2.36. The van der Waals surface area contributed by atoms with E-state index in [0.29, 0.717) is 26.9 Å². The largest absolute Gasteiger partial charge is 0.508 e. The molecule has 3 atom stereocenters. The second-order valence-corrected chi connectivity index (χ2v) is 12.2. The van der Waals surface area contributed by atoms with Crippen molar-refractivity contribution in [2.75, 3.05) is 23.4 Å². The maximum atomic E-state index is 14.0. The molecule has 1 saturated heterocycles. The first-order valence-corrected chi connectivity index (χ1v) is 15.3. The minimum absolute atomic E-state index is 0.0651. The third-order valence-electron chi connectivity index (χ3n) is 7.28. The van der Waals surface area contributed by atoms with Crippen molar-refractivity contribution in [1.82, 2.24) is 4.98 Å². The van der Waals surface area contributed by atoms with E-state index in [1.165, 1.54) is 36.4 Å². The molecule has 15 heteroatoms. The van der Waals surface area contributed by atoms with Gasteiger partial charge in [0.25, 0.3) is 11.6 Å². The van der Waals surface area contributed by atoms with Gasteiger partial charge in [0, 0.05) is 28.6 Å². The number of aromatic hydroxyl groups is 1. The van der Waals surface area contributed by atoms with E-state index in [-0.39, 0.29) is 41.0 Å². The van der Waals surface area contributed by atoms with Crippen molar-refractivity contribution in [1.29, 1.82) is 0 Å². The normalized spacial score (nSPS) is 18.7. The quantitative estimate of drug-likeness (QED) is 0.103. The van der Waals surface area contributed by atoms with Crippen molar-refractivity contribution in [2.45, 2.75) is 23.1 Å². The molecule has 13 nitrogen and oxygen atoms in total. The number of ether oxygens (including phenoxy) is 2. The Balaban J connectivity index is 1.30. The molecular weight excluding hydrogens is 624 g/mol. The standard InChI is InChI=1S/C30H24N4O9S2/c1-2-42-21-13-15(3-12-20(21)43-14-22(36)31-16-4-10-19(35)11-5-16)23-24-26(44-27-25(23)45-30(39)32-27)29(38)33(28(24)37)17-6-8-18(9-7-17)34(40)41/h3-13,23-24,26,35H,2,14H2,1H3,(H,31,36)(H,32,39)/t23-,24-,26+/m0/s1. The monoisotopic (exact) mass is 648 g/mol. The Morgan fingerprint density at radius 3 is 2.44 bits per heavy atom. The number of carbonyl (C=O) groups excluding carboxylic acids is 3. The summed E-state index contributed by atoms with van der Waals surface area (Å²) in [6, 6.07) is 16.1. The van der Waals surface area contributed by atoms with Crippen LogP contribution in [-0.2, 0) is 14.4 Å². The van der Waals surface area contributed by atoms with E-state index in [9.17, 15) is 34.4 Å². The van der Waals surface area contributed by atoms with Crippen LogP contribution >= 0.6 is 23.1 Å². The van der Waals surface area contributed by atoms with Crippen LogP contribution in [0.15, 0.2) is 76.6 Å². The number of amides is 3. The van der Waals surface area contributed by atoms with Gasteiger partial charge in [-0.05, 0) is 61.0 Å². The van der Waals surface area contributed by atoms with Crippen LogP contribution in [0.3, 0.4) is 0 Å². The first-order chi connectivity index (χ1) is 21.6. The second-order valence-electron chi connectivity index (χ2n) is 10.1. The maximum absolute atomic E-state index is 14.0. The molecular formula is C30H24N4O9S2. The van der Waals surface area contributed by atoms with Crippen LogP contribution in [0.1, 0.15) is 23.3 Å². The molecule has 2 aliphatic heterocycles. The van der Waals surface area contributed by atoms with Crippen LogP contribution in [0.5, 0.6) is 17.2 Å². The number of phenols is 1. The topological polar surface area (TPSA) is 181 Å². The molecule has 230 valence electrons. The lowest BCUT2D eigenvalue weighted by Crippen LogP contribution is -2.32. The first kappa shape index (κ1) is 29.9. The number of nitrogens with one attached hydrogen (secondary N) is 2. The zero-order chi connectivity index (χ0) is 31.8. The molecule has 1 aromatic heterocycles. The van der Waals surface area contributed by atoms with Gasteiger partial charge in [0.2, 0.25) is 11.8 Å². The lowest BCUT2D eigenvalue weighted by atomic mass is 9.83. The molecule has 0 aliphatic carbocycles. The van der Waals surface area contributed by atoms with Gasteiger partial charge in [-0.15, -0.1) is 0 Å². The number of aromatic nitrogens is 1. The molecule has 0 spiro atoms. The van der Waals surface area contributed by atoms with Crippen molar-refractivity contribution in [3.8, 4) is 17.2 Å². The Kier molecular flexibility index (Phi) is 8.03. The van der Waals surface area contributed by atoms with E-state index >= 15 is 0 Å².